The number of thioether (sulfide) groups is 1. The van der Waals surface area contributed by atoms with Gasteiger partial charge in [-0.05, 0) is 73.7 Å². The van der Waals surface area contributed by atoms with Gasteiger partial charge < -0.3 is 15.4 Å². The van der Waals surface area contributed by atoms with Crippen LogP contribution in [0.1, 0.15) is 17.3 Å². The molecule has 0 fully saturated rings. The van der Waals surface area contributed by atoms with Gasteiger partial charge in [-0.2, -0.15) is 0 Å². The molecule has 29 heavy (non-hydrogen) atoms. The highest BCUT2D eigenvalue weighted by molar-refractivity contribution is 8.00. The minimum absolute atomic E-state index is 0.0812. The molecule has 0 atom stereocenters. The van der Waals surface area contributed by atoms with E-state index in [0.29, 0.717) is 23.0 Å². The van der Waals surface area contributed by atoms with Crippen LogP contribution in [0.2, 0.25) is 0 Å². The fourth-order valence-corrected chi connectivity index (χ4v) is 3.70. The molecule has 0 aliphatic rings. The third kappa shape index (κ3) is 6.62. The standard InChI is InChI=1S/C23H22N2O2S2/c1-2-27-20-13-11-17(12-14-20)22(26)16-29-21-10-6-9-19(15-21)25-23(28)24-18-7-4-3-5-8-18/h3-15H,2,16H2,1H3,(H2,24,25,28). The summed E-state index contributed by atoms with van der Waals surface area (Å²) in [6.07, 6.45) is 0. The lowest BCUT2D eigenvalue weighted by Crippen LogP contribution is -2.18. The number of nitrogens with one attached hydrogen (secondary N) is 2. The Balaban J connectivity index is 1.54. The topological polar surface area (TPSA) is 50.4 Å². The van der Waals surface area contributed by atoms with Crippen molar-refractivity contribution in [2.75, 3.05) is 23.0 Å². The number of carbonyl (C=O) groups excluding carboxylic acids is 1. The van der Waals surface area contributed by atoms with Crippen LogP contribution < -0.4 is 15.4 Å². The van der Waals surface area contributed by atoms with Gasteiger partial charge >= 0.3 is 0 Å². The van der Waals surface area contributed by atoms with Crippen LogP contribution in [0, 0.1) is 0 Å². The molecule has 0 radical (unpaired) electrons. The molecule has 3 aromatic rings. The van der Waals surface area contributed by atoms with E-state index in [1.54, 1.807) is 12.1 Å². The molecule has 0 aliphatic heterocycles. The number of carbonyl (C=O) groups is 1. The smallest absolute Gasteiger partial charge is 0.175 e. The quantitative estimate of drug-likeness (QED) is 0.269. The number of anilines is 2. The van der Waals surface area contributed by atoms with Crippen LogP contribution in [0.25, 0.3) is 0 Å². The summed E-state index contributed by atoms with van der Waals surface area (Å²) in [7, 11) is 0. The summed E-state index contributed by atoms with van der Waals surface area (Å²) in [6.45, 7) is 2.54. The van der Waals surface area contributed by atoms with Crippen LogP contribution in [0.3, 0.4) is 0 Å². The van der Waals surface area contributed by atoms with Gasteiger partial charge in [0.25, 0.3) is 0 Å². The van der Waals surface area contributed by atoms with Crippen molar-refractivity contribution in [3.8, 4) is 5.75 Å². The lowest BCUT2D eigenvalue weighted by molar-refractivity contribution is 0.102. The van der Waals surface area contributed by atoms with Crippen LogP contribution in [-0.2, 0) is 0 Å². The Morgan fingerprint density at radius 1 is 0.931 bits per heavy atom. The number of hydrogen-bond acceptors (Lipinski definition) is 4. The molecular formula is C23H22N2O2S2. The van der Waals surface area contributed by atoms with Crippen molar-refractivity contribution in [3.05, 3.63) is 84.4 Å². The van der Waals surface area contributed by atoms with E-state index >= 15 is 0 Å². The van der Waals surface area contributed by atoms with Crippen molar-refractivity contribution in [2.24, 2.45) is 0 Å². The van der Waals surface area contributed by atoms with Crippen LogP contribution >= 0.6 is 24.0 Å². The van der Waals surface area contributed by atoms with E-state index in [2.05, 4.69) is 10.6 Å². The summed E-state index contributed by atoms with van der Waals surface area (Å²) in [5, 5.41) is 6.84. The number of ketones is 1. The molecule has 0 heterocycles. The second-order valence-electron chi connectivity index (χ2n) is 6.14. The molecular weight excluding hydrogens is 400 g/mol. The highest BCUT2D eigenvalue weighted by atomic mass is 32.2. The number of hydrogen-bond donors (Lipinski definition) is 2. The van der Waals surface area contributed by atoms with Gasteiger partial charge in [-0.15, -0.1) is 11.8 Å². The van der Waals surface area contributed by atoms with Crippen molar-refractivity contribution in [2.45, 2.75) is 11.8 Å². The van der Waals surface area contributed by atoms with Gasteiger partial charge in [0.1, 0.15) is 5.75 Å². The molecule has 0 saturated heterocycles. The number of rotatable bonds is 8. The first-order chi connectivity index (χ1) is 14.1. The minimum Gasteiger partial charge on any atom is -0.494 e. The van der Waals surface area contributed by atoms with E-state index in [4.69, 9.17) is 17.0 Å². The summed E-state index contributed by atoms with van der Waals surface area (Å²) in [6, 6.07) is 24.9. The van der Waals surface area contributed by atoms with Crippen molar-refractivity contribution in [1.29, 1.82) is 0 Å². The zero-order chi connectivity index (χ0) is 20.5. The minimum atomic E-state index is 0.0812. The summed E-state index contributed by atoms with van der Waals surface area (Å²) in [5.74, 6) is 1.22. The molecule has 0 saturated carbocycles. The number of thiocarbonyl (C=S) groups is 1. The lowest BCUT2D eigenvalue weighted by atomic mass is 10.1. The maximum Gasteiger partial charge on any atom is 0.175 e. The van der Waals surface area contributed by atoms with Gasteiger partial charge in [0.2, 0.25) is 0 Å². The average molecular weight is 423 g/mol. The number of ether oxygens (including phenoxy) is 1. The van der Waals surface area contributed by atoms with Crippen LogP contribution in [0.15, 0.2) is 83.8 Å². The molecule has 0 spiro atoms. The molecule has 0 bridgehead atoms. The second kappa shape index (κ2) is 10.6. The van der Waals surface area contributed by atoms with E-state index in [1.165, 1.54) is 11.8 Å². The van der Waals surface area contributed by atoms with Gasteiger partial charge in [0.05, 0.1) is 12.4 Å². The van der Waals surface area contributed by atoms with Crippen LogP contribution in [0.4, 0.5) is 11.4 Å². The largest absolute Gasteiger partial charge is 0.494 e. The van der Waals surface area contributed by atoms with Gasteiger partial charge in [-0.1, -0.05) is 24.3 Å². The Morgan fingerprint density at radius 3 is 2.34 bits per heavy atom. The van der Waals surface area contributed by atoms with Crippen molar-refractivity contribution >= 4 is 46.3 Å². The van der Waals surface area contributed by atoms with Gasteiger partial charge in [-0.3, -0.25) is 4.79 Å². The third-order valence-electron chi connectivity index (χ3n) is 3.98. The maximum atomic E-state index is 12.4. The molecule has 4 nitrogen and oxygen atoms in total. The number of Topliss-reactive ketones (excluding diaryl/α,β-unsaturated/α-hetero) is 1. The fourth-order valence-electron chi connectivity index (χ4n) is 2.61. The molecule has 148 valence electrons. The first kappa shape index (κ1) is 20.9. The first-order valence-electron chi connectivity index (χ1n) is 9.26. The molecule has 3 rings (SSSR count). The summed E-state index contributed by atoms with van der Waals surface area (Å²) in [5.41, 5.74) is 2.48. The highest BCUT2D eigenvalue weighted by Crippen LogP contribution is 2.23. The van der Waals surface area contributed by atoms with Crippen molar-refractivity contribution < 1.29 is 9.53 Å². The van der Waals surface area contributed by atoms with Crippen molar-refractivity contribution in [3.63, 3.8) is 0 Å². The molecule has 6 heteroatoms. The Hall–Kier alpha value is -2.83. The Bertz CT molecular complexity index is 960. The van der Waals surface area contributed by atoms with Crippen LogP contribution in [0.5, 0.6) is 5.75 Å². The predicted octanol–water partition coefficient (Wildman–Crippen LogP) is 5.87. The van der Waals surface area contributed by atoms with E-state index in [-0.39, 0.29) is 5.78 Å². The van der Waals surface area contributed by atoms with Gasteiger partial charge in [-0.25, -0.2) is 0 Å². The summed E-state index contributed by atoms with van der Waals surface area (Å²) in [4.78, 5) is 13.4. The molecule has 0 aromatic heterocycles. The monoisotopic (exact) mass is 422 g/mol. The zero-order valence-electron chi connectivity index (χ0n) is 16.1. The first-order valence-corrected chi connectivity index (χ1v) is 10.7. The van der Waals surface area contributed by atoms with E-state index in [0.717, 1.165) is 22.0 Å². The highest BCUT2D eigenvalue weighted by Gasteiger charge is 2.08. The maximum absolute atomic E-state index is 12.4. The van der Waals surface area contributed by atoms with E-state index < -0.39 is 0 Å². The Morgan fingerprint density at radius 2 is 1.62 bits per heavy atom. The molecule has 3 aromatic carbocycles. The van der Waals surface area contributed by atoms with Crippen molar-refractivity contribution in [1.82, 2.24) is 0 Å². The zero-order valence-corrected chi connectivity index (χ0v) is 17.7. The molecule has 0 unspecified atom stereocenters. The second-order valence-corrected chi connectivity index (χ2v) is 7.60. The lowest BCUT2D eigenvalue weighted by Gasteiger charge is -2.11. The normalized spacial score (nSPS) is 10.2. The van der Waals surface area contributed by atoms with E-state index in [1.807, 2.05) is 73.7 Å². The molecule has 0 aliphatic carbocycles. The van der Waals surface area contributed by atoms with Gasteiger partial charge in [0, 0.05) is 21.8 Å². The summed E-state index contributed by atoms with van der Waals surface area (Å²) >= 11 is 6.87. The molecule has 0 amide bonds. The Labute approximate surface area is 180 Å². The molecule has 2 N–H and O–H groups in total. The SMILES string of the molecule is CCOc1ccc(C(=O)CSc2cccc(NC(=S)Nc3ccccc3)c2)cc1. The predicted molar refractivity (Wildman–Crippen MR) is 125 cm³/mol. The summed E-state index contributed by atoms with van der Waals surface area (Å²) < 4.78 is 5.41. The van der Waals surface area contributed by atoms with Crippen LogP contribution in [-0.4, -0.2) is 23.3 Å². The fraction of sp³-hybridized carbons (Fsp3) is 0.130. The van der Waals surface area contributed by atoms with Gasteiger partial charge in [0.15, 0.2) is 10.9 Å². The number of para-hydroxylation sites is 1. The number of benzene rings is 3. The van der Waals surface area contributed by atoms with E-state index in [9.17, 15) is 4.79 Å². The third-order valence-corrected chi connectivity index (χ3v) is 5.18. The average Bonchev–Trinajstić information content (AvgIpc) is 2.74. The Kier molecular flexibility index (Phi) is 7.67.